The summed E-state index contributed by atoms with van der Waals surface area (Å²) in [5, 5.41) is 0.0983. The Morgan fingerprint density at radius 1 is 1.69 bits per heavy atom. The highest BCUT2D eigenvalue weighted by molar-refractivity contribution is 9.09. The van der Waals surface area contributed by atoms with E-state index in [-0.39, 0.29) is 10.8 Å². The summed E-state index contributed by atoms with van der Waals surface area (Å²) in [5.74, 6) is 0. The molecule has 0 aliphatic heterocycles. The van der Waals surface area contributed by atoms with Crippen LogP contribution in [0, 0.1) is 5.41 Å². The maximum absolute atomic E-state index is 6.10. The first-order valence-electron chi connectivity index (χ1n) is 4.23. The van der Waals surface area contributed by atoms with E-state index in [4.69, 9.17) is 23.2 Å². The highest BCUT2D eigenvalue weighted by Gasteiger charge is 2.37. The number of allylic oxidation sites excluding steroid dienone is 2. The van der Waals surface area contributed by atoms with Gasteiger partial charge in [-0.2, -0.15) is 0 Å². The van der Waals surface area contributed by atoms with Crippen LogP contribution in [-0.2, 0) is 0 Å². The topological polar surface area (TPSA) is 0 Å². The highest BCUT2D eigenvalue weighted by atomic mass is 79.9. The second kappa shape index (κ2) is 4.37. The summed E-state index contributed by atoms with van der Waals surface area (Å²) in [7, 11) is 0. The molecule has 1 saturated carbocycles. The first-order chi connectivity index (χ1) is 5.99. The summed E-state index contributed by atoms with van der Waals surface area (Å²) in [5.41, 5.74) is 2.75. The second-order valence-electron chi connectivity index (χ2n) is 3.80. The molecule has 0 nitrogen and oxygen atoms in total. The quantitative estimate of drug-likeness (QED) is 0.492. The van der Waals surface area contributed by atoms with Crippen molar-refractivity contribution in [1.82, 2.24) is 0 Å². The van der Waals surface area contributed by atoms with E-state index in [2.05, 4.69) is 29.4 Å². The van der Waals surface area contributed by atoms with Crippen LogP contribution >= 0.6 is 39.1 Å². The van der Waals surface area contributed by atoms with Gasteiger partial charge in [0.25, 0.3) is 0 Å². The fraction of sp³-hybridized carbons (Fsp3) is 0.600. The Labute approximate surface area is 98.1 Å². The van der Waals surface area contributed by atoms with Gasteiger partial charge in [-0.05, 0) is 12.8 Å². The zero-order chi connectivity index (χ0) is 10.1. The molecule has 1 rings (SSSR count). The van der Waals surface area contributed by atoms with Gasteiger partial charge in [0.05, 0.1) is 5.38 Å². The Kier molecular flexibility index (Phi) is 3.91. The lowest BCUT2D eigenvalue weighted by molar-refractivity contribution is 0.359. The molecule has 0 amide bonds. The summed E-state index contributed by atoms with van der Waals surface area (Å²) in [4.78, 5) is 0.378. The molecule has 1 fully saturated rings. The third-order valence-electron chi connectivity index (χ3n) is 2.62. The Morgan fingerprint density at radius 3 is 2.85 bits per heavy atom. The van der Waals surface area contributed by atoms with Crippen LogP contribution in [0.3, 0.4) is 0 Å². The van der Waals surface area contributed by atoms with Gasteiger partial charge in [-0.15, -0.1) is 11.6 Å². The van der Waals surface area contributed by atoms with E-state index < -0.39 is 0 Å². The SMILES string of the molecule is C=C1C[C@](C)(C=CCl)[C@@H](Br)C[C@H]1Cl. The van der Waals surface area contributed by atoms with Crippen molar-refractivity contribution >= 4 is 39.1 Å². The Morgan fingerprint density at radius 2 is 2.31 bits per heavy atom. The Hall–Kier alpha value is 0.540. The minimum atomic E-state index is 0.0597. The van der Waals surface area contributed by atoms with Crippen molar-refractivity contribution in [2.45, 2.75) is 30.0 Å². The van der Waals surface area contributed by atoms with Crippen molar-refractivity contribution in [2.24, 2.45) is 5.41 Å². The highest BCUT2D eigenvalue weighted by Crippen LogP contribution is 2.45. The van der Waals surface area contributed by atoms with Crippen LogP contribution in [0.1, 0.15) is 19.8 Å². The monoisotopic (exact) mass is 282 g/mol. The Balaban J connectivity index is 2.82. The van der Waals surface area contributed by atoms with Crippen LogP contribution in [0.5, 0.6) is 0 Å². The molecule has 3 heteroatoms. The number of rotatable bonds is 1. The molecule has 0 unspecified atom stereocenters. The lowest BCUT2D eigenvalue weighted by Crippen LogP contribution is -2.34. The molecule has 0 heterocycles. The molecule has 74 valence electrons. The van der Waals surface area contributed by atoms with Crippen LogP contribution < -0.4 is 0 Å². The Bertz CT molecular complexity index is 237. The number of hydrogen-bond acceptors (Lipinski definition) is 0. The third-order valence-corrected chi connectivity index (χ3v) is 4.66. The summed E-state index contributed by atoms with van der Waals surface area (Å²) >= 11 is 15.4. The predicted molar refractivity (Wildman–Crippen MR) is 63.8 cm³/mol. The lowest BCUT2D eigenvalue weighted by Gasteiger charge is -2.39. The van der Waals surface area contributed by atoms with E-state index in [1.165, 1.54) is 0 Å². The molecule has 0 aromatic rings. The van der Waals surface area contributed by atoms with E-state index >= 15 is 0 Å². The molecule has 0 N–H and O–H groups in total. The molecule has 0 aromatic heterocycles. The van der Waals surface area contributed by atoms with E-state index in [1.807, 2.05) is 6.08 Å². The molecule has 3 atom stereocenters. The number of halogens is 3. The maximum Gasteiger partial charge on any atom is 0.0553 e. The summed E-state index contributed by atoms with van der Waals surface area (Å²) in [6.07, 6.45) is 3.83. The third kappa shape index (κ3) is 2.51. The zero-order valence-electron chi connectivity index (χ0n) is 7.56. The largest absolute Gasteiger partial charge is 0.118 e. The molecule has 0 saturated heterocycles. The van der Waals surface area contributed by atoms with Gasteiger partial charge in [-0.1, -0.05) is 52.7 Å². The van der Waals surface area contributed by atoms with Gasteiger partial charge in [0.15, 0.2) is 0 Å². The fourth-order valence-corrected chi connectivity index (χ4v) is 3.08. The van der Waals surface area contributed by atoms with Crippen molar-refractivity contribution in [1.29, 1.82) is 0 Å². The molecule has 0 spiro atoms. The van der Waals surface area contributed by atoms with Gasteiger partial charge in [-0.25, -0.2) is 0 Å². The standard InChI is InChI=1S/C10H13BrCl2/c1-7-6-10(2,3-4-12)9(11)5-8(7)13/h3-4,8-9H,1,5-6H2,2H3/t8-,9+,10+/m1/s1. The van der Waals surface area contributed by atoms with Crippen LogP contribution in [0.15, 0.2) is 23.8 Å². The molecule has 0 radical (unpaired) electrons. The normalized spacial score (nSPS) is 41.4. The van der Waals surface area contributed by atoms with Gasteiger partial charge in [0.2, 0.25) is 0 Å². The minimum Gasteiger partial charge on any atom is -0.118 e. The number of hydrogen-bond donors (Lipinski definition) is 0. The average molecular weight is 284 g/mol. The van der Waals surface area contributed by atoms with Crippen molar-refractivity contribution in [2.75, 3.05) is 0 Å². The molecule has 1 aliphatic carbocycles. The van der Waals surface area contributed by atoms with Crippen LogP contribution in [0.4, 0.5) is 0 Å². The van der Waals surface area contributed by atoms with Gasteiger partial charge in [0.1, 0.15) is 0 Å². The molecular weight excluding hydrogens is 271 g/mol. The van der Waals surface area contributed by atoms with Crippen molar-refractivity contribution in [3.63, 3.8) is 0 Å². The van der Waals surface area contributed by atoms with Crippen molar-refractivity contribution in [3.8, 4) is 0 Å². The first kappa shape index (κ1) is 11.6. The van der Waals surface area contributed by atoms with Gasteiger partial charge in [-0.3, -0.25) is 0 Å². The molecule has 0 bridgehead atoms. The minimum absolute atomic E-state index is 0.0597. The molecule has 13 heavy (non-hydrogen) atoms. The zero-order valence-corrected chi connectivity index (χ0v) is 10.7. The van der Waals surface area contributed by atoms with Crippen molar-refractivity contribution in [3.05, 3.63) is 23.8 Å². The average Bonchev–Trinajstić information content (AvgIpc) is 2.02. The summed E-state index contributed by atoms with van der Waals surface area (Å²) < 4.78 is 0. The first-order valence-corrected chi connectivity index (χ1v) is 6.02. The van der Waals surface area contributed by atoms with Crippen LogP contribution in [0.25, 0.3) is 0 Å². The van der Waals surface area contributed by atoms with Crippen LogP contribution in [-0.4, -0.2) is 10.2 Å². The summed E-state index contributed by atoms with van der Waals surface area (Å²) in [6, 6.07) is 0. The van der Waals surface area contributed by atoms with E-state index in [1.54, 1.807) is 5.54 Å². The van der Waals surface area contributed by atoms with Gasteiger partial charge >= 0.3 is 0 Å². The van der Waals surface area contributed by atoms with Crippen LogP contribution in [0.2, 0.25) is 0 Å². The van der Waals surface area contributed by atoms with E-state index in [0.29, 0.717) is 4.83 Å². The van der Waals surface area contributed by atoms with Gasteiger partial charge < -0.3 is 0 Å². The molecular formula is C10H13BrCl2. The van der Waals surface area contributed by atoms with Crippen molar-refractivity contribution < 1.29 is 0 Å². The van der Waals surface area contributed by atoms with Gasteiger partial charge in [0, 0.05) is 15.8 Å². The van der Waals surface area contributed by atoms with E-state index in [0.717, 1.165) is 18.4 Å². The smallest absolute Gasteiger partial charge is 0.0553 e. The maximum atomic E-state index is 6.10. The predicted octanol–water partition coefficient (Wildman–Crippen LogP) is 4.47. The molecule has 1 aliphatic rings. The summed E-state index contributed by atoms with van der Waals surface area (Å²) in [6.45, 7) is 6.14. The fourth-order valence-electron chi connectivity index (χ4n) is 1.64. The molecule has 0 aromatic carbocycles. The second-order valence-corrected chi connectivity index (χ2v) is 5.69. The van der Waals surface area contributed by atoms with E-state index in [9.17, 15) is 0 Å². The lowest BCUT2D eigenvalue weighted by atomic mass is 9.74. The number of alkyl halides is 2.